The largest absolute Gasteiger partial charge is 0.493 e. The van der Waals surface area contributed by atoms with Gasteiger partial charge in [-0.3, -0.25) is 9.69 Å². The number of ether oxygens (including phenoxy) is 2. The Balaban J connectivity index is 2.51. The molecule has 1 aromatic carbocycles. The third-order valence-corrected chi connectivity index (χ3v) is 3.56. The minimum absolute atomic E-state index is 0.0301. The van der Waals surface area contributed by atoms with E-state index in [4.69, 9.17) is 27.3 Å². The Hall–Kier alpha value is -1.55. The predicted octanol–water partition coefficient (Wildman–Crippen LogP) is 3.24. The van der Waals surface area contributed by atoms with E-state index in [-0.39, 0.29) is 10.6 Å². The van der Waals surface area contributed by atoms with Crippen molar-refractivity contribution in [3.8, 4) is 11.5 Å². The van der Waals surface area contributed by atoms with Gasteiger partial charge < -0.3 is 9.47 Å². The molecule has 4 heteroatoms. The normalized spacial score (nSPS) is 48.3. The Labute approximate surface area is 157 Å². The van der Waals surface area contributed by atoms with Crippen molar-refractivity contribution in [2.45, 2.75) is 39.0 Å². The number of carbonyl (C=O) groups is 1. The fourth-order valence-corrected chi connectivity index (χ4v) is 2.51. The molecule has 0 saturated carbocycles. The van der Waals surface area contributed by atoms with E-state index in [1.54, 1.807) is 13.8 Å². The van der Waals surface area contributed by atoms with E-state index in [9.17, 15) is 4.79 Å². The second-order valence-electron chi connectivity index (χ2n) is 5.71. The highest BCUT2D eigenvalue weighted by atomic mass is 16.5. The predicted molar refractivity (Wildman–Crippen MR) is 90.1 cm³/mol. The minimum Gasteiger partial charge on any atom is -0.493 e. The molecule has 0 amide bonds. The number of carbonyl (C=O) groups excluding carboxylic acids is 1. The van der Waals surface area contributed by atoms with Crippen molar-refractivity contribution in [2.75, 3.05) is 27.1 Å². The Morgan fingerprint density at radius 2 is 2.22 bits per heavy atom. The van der Waals surface area contributed by atoms with E-state index in [0.717, 1.165) is 19.2 Å². The van der Waals surface area contributed by atoms with Crippen LogP contribution in [-0.2, 0) is 11.2 Å². The molecular formula is C19H27NO3. The van der Waals surface area contributed by atoms with E-state index in [1.807, 2.05) is 0 Å². The maximum absolute atomic E-state index is 13.5. The van der Waals surface area contributed by atoms with Crippen LogP contribution in [0.4, 0.5) is 0 Å². The van der Waals surface area contributed by atoms with Gasteiger partial charge in [-0.1, -0.05) is 13.8 Å². The van der Waals surface area contributed by atoms with Crippen molar-refractivity contribution in [3.63, 3.8) is 0 Å². The van der Waals surface area contributed by atoms with Gasteiger partial charge in [0.2, 0.25) is 0 Å². The van der Waals surface area contributed by atoms with Gasteiger partial charge in [-0.05, 0) is 42.0 Å². The van der Waals surface area contributed by atoms with E-state index >= 15 is 0 Å². The van der Waals surface area contributed by atoms with E-state index in [2.05, 4.69) is 0 Å². The summed E-state index contributed by atoms with van der Waals surface area (Å²) in [5, 5.41) is 0. The zero-order valence-corrected chi connectivity index (χ0v) is 13.1. The molecule has 0 radical (unpaired) electrons. The molecule has 0 spiro atoms. The third-order valence-electron chi connectivity index (χ3n) is 3.56. The fourth-order valence-electron chi connectivity index (χ4n) is 2.51. The lowest BCUT2D eigenvalue weighted by Crippen LogP contribution is -2.46. The van der Waals surface area contributed by atoms with E-state index < -0.39 is 79.7 Å². The molecule has 2 heterocycles. The van der Waals surface area contributed by atoms with Crippen LogP contribution in [0, 0.1) is 11.8 Å². The summed E-state index contributed by atoms with van der Waals surface area (Å²) in [7, 11) is -1.95. The number of ketones is 1. The Morgan fingerprint density at radius 3 is 2.91 bits per heavy atom. The number of piperidine rings is 1. The number of hydrogen-bond donors (Lipinski definition) is 0. The first-order chi connectivity index (χ1) is 15.9. The van der Waals surface area contributed by atoms with Gasteiger partial charge >= 0.3 is 0 Å². The second-order valence-corrected chi connectivity index (χ2v) is 5.71. The lowest BCUT2D eigenvalue weighted by atomic mass is 9.80. The molecule has 1 aromatic rings. The summed E-state index contributed by atoms with van der Waals surface area (Å²) >= 11 is 0. The number of aryl methyl sites for hydroxylation is 1. The van der Waals surface area contributed by atoms with Gasteiger partial charge in [-0.15, -0.1) is 0 Å². The molecule has 0 bridgehead atoms. The minimum atomic E-state index is -3.46. The van der Waals surface area contributed by atoms with Gasteiger partial charge in [0.15, 0.2) is 11.5 Å². The number of fused-ring (bicyclic) bond motifs is 3. The first-order valence-corrected chi connectivity index (χ1v) is 7.22. The summed E-state index contributed by atoms with van der Waals surface area (Å²) in [6, 6.07) is -1.65. The van der Waals surface area contributed by atoms with Crippen LogP contribution in [0.5, 0.6) is 11.5 Å². The van der Waals surface area contributed by atoms with Crippen LogP contribution in [0.25, 0.3) is 0 Å². The molecular weight excluding hydrogens is 290 g/mol. The highest BCUT2D eigenvalue weighted by molar-refractivity contribution is 5.83. The van der Waals surface area contributed by atoms with Crippen molar-refractivity contribution >= 4 is 5.78 Å². The van der Waals surface area contributed by atoms with Crippen molar-refractivity contribution in [1.82, 2.24) is 4.90 Å². The molecule has 2 unspecified atom stereocenters. The number of rotatable bonds is 4. The molecule has 0 aromatic heterocycles. The maximum atomic E-state index is 13.5. The summed E-state index contributed by atoms with van der Waals surface area (Å²) in [6.07, 6.45) is -7.12. The van der Waals surface area contributed by atoms with Crippen LogP contribution >= 0.6 is 0 Å². The molecule has 2 aliphatic heterocycles. The highest BCUT2D eigenvalue weighted by Gasteiger charge is 2.38. The summed E-state index contributed by atoms with van der Waals surface area (Å²) in [6.45, 7) is -3.72. The standard InChI is InChI=1S/C19H27NO3/c1-12(2)7-14-11-20-6-5-13-8-18(22-3)19(23-4)9-15(13)16(20)10-17(14)21/h8-9,12,14,16H,5-7,10-11H2,1-4H3/i4D3,5D2,6D2,10D2,11D2,14D,16D. The smallest absolute Gasteiger partial charge is 0.161 e. The fraction of sp³-hybridized carbons (Fsp3) is 0.632. The number of methoxy groups -OCH3 is 2. The molecule has 3 rings (SSSR count). The van der Waals surface area contributed by atoms with Gasteiger partial charge in [0, 0.05) is 43.6 Å². The molecule has 4 nitrogen and oxygen atoms in total. The summed E-state index contributed by atoms with van der Waals surface area (Å²) < 4.78 is 119. The molecule has 2 atom stereocenters. The summed E-state index contributed by atoms with van der Waals surface area (Å²) in [5.74, 6) is -5.96. The average Bonchev–Trinajstić information content (AvgIpc) is 2.68. The summed E-state index contributed by atoms with van der Waals surface area (Å²) in [5.41, 5.74) is -1.38. The molecule has 1 fully saturated rings. The maximum Gasteiger partial charge on any atom is 0.161 e. The molecule has 126 valence electrons. The molecule has 0 N–H and O–H groups in total. The zero-order valence-electron chi connectivity index (χ0n) is 26.1. The van der Waals surface area contributed by atoms with Crippen molar-refractivity contribution < 1.29 is 32.1 Å². The van der Waals surface area contributed by atoms with Gasteiger partial charge in [0.05, 0.1) is 19.6 Å². The number of nitrogens with zero attached hydrogens (tertiary/aromatic N) is 1. The first-order valence-electron chi connectivity index (χ1n) is 13.7. The van der Waals surface area contributed by atoms with Crippen LogP contribution in [0.1, 0.15) is 61.6 Å². The first kappa shape index (κ1) is 6.75. The van der Waals surface area contributed by atoms with Crippen LogP contribution < -0.4 is 9.47 Å². The highest BCUT2D eigenvalue weighted by Crippen LogP contribution is 2.42. The molecule has 0 aliphatic carbocycles. The monoisotopic (exact) mass is 330 g/mol. The summed E-state index contributed by atoms with van der Waals surface area (Å²) in [4.78, 5) is 13.5. The number of Topliss-reactive ketones (excluding diaryl/α,β-unsaturated/α-hetero) is 1. The van der Waals surface area contributed by atoms with E-state index in [0.29, 0.717) is 0 Å². The topological polar surface area (TPSA) is 38.8 Å². The Kier molecular flexibility index (Phi) is 1.91. The van der Waals surface area contributed by atoms with E-state index in [1.165, 1.54) is 0 Å². The lowest BCUT2D eigenvalue weighted by Gasteiger charge is -2.43. The molecule has 2 aliphatic rings. The Bertz CT molecular complexity index is 1090. The number of benzene rings is 1. The van der Waals surface area contributed by atoms with Crippen LogP contribution in [0.2, 0.25) is 0 Å². The average molecular weight is 331 g/mol. The van der Waals surface area contributed by atoms with Gasteiger partial charge in [0.1, 0.15) is 5.78 Å². The quantitative estimate of drug-likeness (QED) is 0.849. The second kappa shape index (κ2) is 6.52. The van der Waals surface area contributed by atoms with Crippen LogP contribution in [0.15, 0.2) is 12.1 Å². The van der Waals surface area contributed by atoms with Crippen LogP contribution in [-0.4, -0.2) is 37.8 Å². The molecule has 1 saturated heterocycles. The van der Waals surface area contributed by atoms with Gasteiger partial charge in [0.25, 0.3) is 0 Å². The number of hydrogen-bond acceptors (Lipinski definition) is 4. The van der Waals surface area contributed by atoms with Crippen molar-refractivity contribution in [1.29, 1.82) is 0 Å². The zero-order chi connectivity index (χ0) is 28.1. The van der Waals surface area contributed by atoms with Crippen molar-refractivity contribution in [2.24, 2.45) is 11.8 Å². The SMILES string of the molecule is [2H]C([2H])([2H])Oc1cc2c(cc1OC)C([2H])([2H])C([2H])([2H])N1C([2H])([2H])C([2H])(CC(C)C)C(=O)C([2H])([2H])C21[2H]. The van der Waals surface area contributed by atoms with Crippen molar-refractivity contribution in [3.05, 3.63) is 23.3 Å². The molecule has 23 heavy (non-hydrogen) atoms. The van der Waals surface area contributed by atoms with Gasteiger partial charge in [-0.2, -0.15) is 0 Å². The lowest BCUT2D eigenvalue weighted by molar-refractivity contribution is -0.129. The van der Waals surface area contributed by atoms with Gasteiger partial charge in [-0.25, -0.2) is 0 Å². The Morgan fingerprint density at radius 1 is 1.43 bits per heavy atom. The third kappa shape index (κ3) is 3.09. The van der Waals surface area contributed by atoms with Crippen LogP contribution in [0.3, 0.4) is 0 Å².